The van der Waals surface area contributed by atoms with Crippen molar-refractivity contribution >= 4 is 17.6 Å². The van der Waals surface area contributed by atoms with Gasteiger partial charge in [0.15, 0.2) is 0 Å². The zero-order valence-electron chi connectivity index (χ0n) is 13.6. The van der Waals surface area contributed by atoms with Gasteiger partial charge in [-0.15, -0.1) is 0 Å². The molecule has 0 heterocycles. The number of benzene rings is 2. The number of hydrogen-bond donors (Lipinski definition) is 1. The van der Waals surface area contributed by atoms with Crippen molar-refractivity contribution in [2.45, 2.75) is 51.6 Å². The van der Waals surface area contributed by atoms with Crippen molar-refractivity contribution in [1.82, 2.24) is 5.32 Å². The van der Waals surface area contributed by atoms with E-state index in [9.17, 15) is 0 Å². The first-order chi connectivity index (χ1) is 10.9. The van der Waals surface area contributed by atoms with Crippen LogP contribution in [-0.4, -0.2) is 12.8 Å². The summed E-state index contributed by atoms with van der Waals surface area (Å²) in [5, 5.41) is 6.52. The Morgan fingerprint density at radius 1 is 1.00 bits per heavy atom. The van der Waals surface area contributed by atoms with Gasteiger partial charge in [0.05, 0.1) is 0 Å². The van der Waals surface area contributed by atoms with E-state index in [0.29, 0.717) is 0 Å². The molecule has 1 saturated carbocycles. The molecule has 2 aromatic rings. The zero-order chi connectivity index (χ0) is 15.8. The maximum atomic E-state index is 8.00. The first kappa shape index (κ1) is 16.7. The fourth-order valence-corrected chi connectivity index (χ4v) is 3.48. The lowest BCUT2D eigenvalue weighted by Gasteiger charge is -2.28. The minimum absolute atomic E-state index is 0.719. The highest BCUT2D eigenvalue weighted by Crippen LogP contribution is 2.27. The lowest BCUT2D eigenvalue weighted by molar-refractivity contribution is -0.0979. The van der Waals surface area contributed by atoms with Crippen LogP contribution >= 0.6 is 0 Å². The molecular formula is C20H27NO. The van der Waals surface area contributed by atoms with Crippen LogP contribution in [-0.2, 0) is 11.3 Å². The van der Waals surface area contributed by atoms with Gasteiger partial charge in [-0.25, -0.2) is 0 Å². The van der Waals surface area contributed by atoms with Gasteiger partial charge in [-0.3, -0.25) is 0 Å². The second-order valence-electron chi connectivity index (χ2n) is 6.15. The standard InChI is InChI=1S/C19H25N.CH2O/c1-2-15-10-12-18(13-11-15)20-14-17-8-5-7-16-6-3-4-9-19(16)17;1-2/h3-9,15,18,20H,2,10-14H2,1H3;1H2. The molecule has 0 radical (unpaired) electrons. The normalized spacial score (nSPS) is 21.1. The Balaban J connectivity index is 0.000000847. The van der Waals surface area contributed by atoms with E-state index in [2.05, 4.69) is 54.7 Å². The van der Waals surface area contributed by atoms with Crippen LogP contribution in [0.2, 0.25) is 0 Å². The fourth-order valence-electron chi connectivity index (χ4n) is 3.48. The summed E-state index contributed by atoms with van der Waals surface area (Å²) >= 11 is 0. The number of fused-ring (bicyclic) bond motifs is 1. The summed E-state index contributed by atoms with van der Waals surface area (Å²) in [4.78, 5) is 8.00. The zero-order valence-corrected chi connectivity index (χ0v) is 13.6. The van der Waals surface area contributed by atoms with Crippen molar-refractivity contribution < 1.29 is 4.79 Å². The fraction of sp³-hybridized carbons (Fsp3) is 0.450. The first-order valence-corrected chi connectivity index (χ1v) is 8.35. The molecule has 0 amide bonds. The van der Waals surface area contributed by atoms with Gasteiger partial charge in [0.2, 0.25) is 0 Å². The van der Waals surface area contributed by atoms with E-state index in [1.807, 2.05) is 6.79 Å². The third-order valence-corrected chi connectivity index (χ3v) is 4.89. The highest BCUT2D eigenvalue weighted by atomic mass is 16.1. The first-order valence-electron chi connectivity index (χ1n) is 8.35. The monoisotopic (exact) mass is 297 g/mol. The van der Waals surface area contributed by atoms with E-state index in [4.69, 9.17) is 4.79 Å². The highest BCUT2D eigenvalue weighted by molar-refractivity contribution is 5.85. The molecule has 118 valence electrons. The minimum Gasteiger partial charge on any atom is -0.310 e. The van der Waals surface area contributed by atoms with Crippen molar-refractivity contribution in [2.24, 2.45) is 5.92 Å². The van der Waals surface area contributed by atoms with Crippen LogP contribution in [0.15, 0.2) is 42.5 Å². The molecule has 0 aromatic heterocycles. The van der Waals surface area contributed by atoms with Crippen molar-refractivity contribution in [1.29, 1.82) is 0 Å². The third kappa shape index (κ3) is 4.17. The summed E-state index contributed by atoms with van der Waals surface area (Å²) in [6.07, 6.45) is 6.87. The number of rotatable bonds is 4. The van der Waals surface area contributed by atoms with Crippen molar-refractivity contribution in [2.75, 3.05) is 0 Å². The lowest BCUT2D eigenvalue weighted by atomic mass is 9.84. The smallest absolute Gasteiger partial charge is 0.106 e. The maximum Gasteiger partial charge on any atom is 0.106 e. The van der Waals surface area contributed by atoms with Gasteiger partial charge >= 0.3 is 0 Å². The second-order valence-corrected chi connectivity index (χ2v) is 6.15. The summed E-state index contributed by atoms with van der Waals surface area (Å²) in [6, 6.07) is 16.0. The Morgan fingerprint density at radius 3 is 2.41 bits per heavy atom. The molecular weight excluding hydrogens is 270 g/mol. The van der Waals surface area contributed by atoms with Gasteiger partial charge in [-0.1, -0.05) is 55.8 Å². The molecule has 3 rings (SSSR count). The lowest BCUT2D eigenvalue weighted by Crippen LogP contribution is -2.32. The van der Waals surface area contributed by atoms with E-state index in [0.717, 1.165) is 18.5 Å². The summed E-state index contributed by atoms with van der Waals surface area (Å²) in [7, 11) is 0. The number of carbonyl (C=O) groups excluding carboxylic acids is 1. The summed E-state index contributed by atoms with van der Waals surface area (Å²) in [6.45, 7) is 5.33. The summed E-state index contributed by atoms with van der Waals surface area (Å²) in [5.41, 5.74) is 1.43. The number of nitrogens with one attached hydrogen (secondary N) is 1. The van der Waals surface area contributed by atoms with Crippen LogP contribution in [0, 0.1) is 5.92 Å². The van der Waals surface area contributed by atoms with Crippen LogP contribution < -0.4 is 5.32 Å². The van der Waals surface area contributed by atoms with Crippen LogP contribution in [0.1, 0.15) is 44.6 Å². The quantitative estimate of drug-likeness (QED) is 0.885. The molecule has 0 atom stereocenters. The molecule has 22 heavy (non-hydrogen) atoms. The maximum absolute atomic E-state index is 8.00. The van der Waals surface area contributed by atoms with Gasteiger partial charge in [0.1, 0.15) is 6.79 Å². The van der Waals surface area contributed by atoms with Crippen molar-refractivity contribution in [3.63, 3.8) is 0 Å². The van der Waals surface area contributed by atoms with Crippen molar-refractivity contribution in [3.8, 4) is 0 Å². The summed E-state index contributed by atoms with van der Waals surface area (Å²) < 4.78 is 0. The molecule has 2 heteroatoms. The molecule has 2 nitrogen and oxygen atoms in total. The topological polar surface area (TPSA) is 29.1 Å². The molecule has 1 aliphatic rings. The molecule has 0 spiro atoms. The molecule has 0 saturated heterocycles. The largest absolute Gasteiger partial charge is 0.310 e. The van der Waals surface area contributed by atoms with E-state index in [1.54, 1.807) is 0 Å². The molecule has 2 aromatic carbocycles. The molecule has 1 aliphatic carbocycles. The predicted octanol–water partition coefficient (Wildman–Crippen LogP) is 4.71. The van der Waals surface area contributed by atoms with Crippen molar-refractivity contribution in [3.05, 3.63) is 48.0 Å². The Labute approximate surface area is 133 Å². The number of carbonyl (C=O) groups is 1. The summed E-state index contributed by atoms with van der Waals surface area (Å²) in [5.74, 6) is 0.977. The molecule has 0 unspecified atom stereocenters. The van der Waals surface area contributed by atoms with E-state index in [-0.39, 0.29) is 0 Å². The highest BCUT2D eigenvalue weighted by Gasteiger charge is 2.19. The van der Waals surface area contributed by atoms with Gasteiger partial charge in [-0.2, -0.15) is 0 Å². The number of hydrogen-bond acceptors (Lipinski definition) is 2. The van der Waals surface area contributed by atoms with E-state index in [1.165, 1.54) is 48.4 Å². The van der Waals surface area contributed by atoms with Crippen LogP contribution in [0.4, 0.5) is 0 Å². The predicted molar refractivity (Wildman–Crippen MR) is 93.9 cm³/mol. The van der Waals surface area contributed by atoms with Gasteiger partial charge in [-0.05, 0) is 47.9 Å². The molecule has 0 bridgehead atoms. The minimum atomic E-state index is 0.719. The molecule has 1 N–H and O–H groups in total. The van der Waals surface area contributed by atoms with Gasteiger partial charge in [0.25, 0.3) is 0 Å². The van der Waals surface area contributed by atoms with Gasteiger partial charge < -0.3 is 10.1 Å². The van der Waals surface area contributed by atoms with Crippen LogP contribution in [0.25, 0.3) is 10.8 Å². The Kier molecular flexibility index (Phi) is 6.60. The molecule has 1 fully saturated rings. The Bertz CT molecular complexity index is 567. The Hall–Kier alpha value is -1.67. The Morgan fingerprint density at radius 2 is 1.68 bits per heavy atom. The SMILES string of the molecule is C=O.CCC1CCC(NCc2cccc3ccccc23)CC1. The van der Waals surface area contributed by atoms with Crippen LogP contribution in [0.5, 0.6) is 0 Å². The van der Waals surface area contributed by atoms with E-state index < -0.39 is 0 Å². The average molecular weight is 297 g/mol. The third-order valence-electron chi connectivity index (χ3n) is 4.89. The van der Waals surface area contributed by atoms with Crippen LogP contribution in [0.3, 0.4) is 0 Å². The van der Waals surface area contributed by atoms with Gasteiger partial charge in [0, 0.05) is 12.6 Å². The second kappa shape index (κ2) is 8.70. The average Bonchev–Trinajstić information content (AvgIpc) is 2.62. The van der Waals surface area contributed by atoms with E-state index >= 15 is 0 Å². The molecule has 0 aliphatic heterocycles.